The van der Waals surface area contributed by atoms with Gasteiger partial charge in [-0.1, -0.05) is 61.9 Å². The summed E-state index contributed by atoms with van der Waals surface area (Å²) in [5.74, 6) is 0.941. The lowest BCUT2D eigenvalue weighted by atomic mass is 9.62. The van der Waals surface area contributed by atoms with Crippen LogP contribution in [-0.4, -0.2) is 60.6 Å². The highest BCUT2D eigenvalue weighted by Crippen LogP contribution is 2.61. The Balaban J connectivity index is 1.65. The van der Waals surface area contributed by atoms with Crippen molar-refractivity contribution < 1.29 is 0 Å². The summed E-state index contributed by atoms with van der Waals surface area (Å²) in [4.78, 5) is 8.65. The van der Waals surface area contributed by atoms with Gasteiger partial charge >= 0.3 is 0 Å². The zero-order chi connectivity index (χ0) is 26.8. The van der Waals surface area contributed by atoms with Crippen molar-refractivity contribution in [1.82, 2.24) is 19.4 Å². The average molecular weight is 509 g/mol. The SMILES string of the molecule is CC1=CC2c3c(CCN(C)C)c4ccccc4n3C(c3[nH]c4ccccc4c3CCN(C)C)C2C(C)(C)C1. The lowest BCUT2D eigenvalue weighted by Crippen LogP contribution is -2.35. The predicted octanol–water partition coefficient (Wildman–Crippen LogP) is 7.01. The molecule has 1 N–H and O–H groups in total. The van der Waals surface area contributed by atoms with E-state index in [0.29, 0.717) is 11.8 Å². The van der Waals surface area contributed by atoms with Crippen LogP contribution in [0.3, 0.4) is 0 Å². The summed E-state index contributed by atoms with van der Waals surface area (Å²) in [5.41, 5.74) is 10.5. The van der Waals surface area contributed by atoms with Crippen LogP contribution < -0.4 is 0 Å². The van der Waals surface area contributed by atoms with Crippen molar-refractivity contribution in [1.29, 1.82) is 0 Å². The van der Waals surface area contributed by atoms with E-state index in [9.17, 15) is 0 Å². The number of H-pyrrole nitrogens is 1. The average Bonchev–Trinajstić information content (AvgIpc) is 3.49. The van der Waals surface area contributed by atoms with Crippen LogP contribution in [0, 0.1) is 11.3 Å². The number of hydrogen-bond donors (Lipinski definition) is 1. The second-order valence-electron chi connectivity index (χ2n) is 13.1. The molecule has 4 aromatic rings. The smallest absolute Gasteiger partial charge is 0.0783 e. The first-order valence-corrected chi connectivity index (χ1v) is 14.4. The Labute approximate surface area is 228 Å². The summed E-state index contributed by atoms with van der Waals surface area (Å²) >= 11 is 0. The number of nitrogens with one attached hydrogen (secondary N) is 1. The highest BCUT2D eigenvalue weighted by Gasteiger charge is 2.52. The molecule has 0 bridgehead atoms. The molecule has 6 rings (SSSR count). The molecule has 2 aliphatic rings. The summed E-state index contributed by atoms with van der Waals surface area (Å²) in [6, 6.07) is 18.4. The van der Waals surface area contributed by atoms with Crippen molar-refractivity contribution in [3.05, 3.63) is 82.7 Å². The number of para-hydroxylation sites is 2. The third kappa shape index (κ3) is 4.04. The minimum Gasteiger partial charge on any atom is -0.356 e. The summed E-state index contributed by atoms with van der Waals surface area (Å²) in [7, 11) is 8.76. The molecule has 3 unspecified atom stereocenters. The van der Waals surface area contributed by atoms with Crippen LogP contribution in [0.2, 0.25) is 0 Å². The molecular formula is C34H44N4. The zero-order valence-corrected chi connectivity index (χ0v) is 24.3. The molecule has 38 heavy (non-hydrogen) atoms. The van der Waals surface area contributed by atoms with E-state index in [-0.39, 0.29) is 11.5 Å². The Morgan fingerprint density at radius 1 is 0.868 bits per heavy atom. The van der Waals surface area contributed by atoms with E-state index in [1.165, 1.54) is 38.6 Å². The van der Waals surface area contributed by atoms with Gasteiger partial charge in [0.15, 0.2) is 0 Å². The number of aromatic nitrogens is 2. The summed E-state index contributed by atoms with van der Waals surface area (Å²) < 4.78 is 2.77. The Hall–Kier alpha value is -2.82. The first-order chi connectivity index (χ1) is 18.2. The second kappa shape index (κ2) is 9.43. The molecule has 0 saturated carbocycles. The van der Waals surface area contributed by atoms with Gasteiger partial charge in [0.1, 0.15) is 0 Å². The van der Waals surface area contributed by atoms with Crippen LogP contribution in [0.1, 0.15) is 61.7 Å². The Morgan fingerprint density at radius 3 is 2.21 bits per heavy atom. The van der Waals surface area contributed by atoms with Gasteiger partial charge in [0.2, 0.25) is 0 Å². The van der Waals surface area contributed by atoms with Crippen LogP contribution in [0.25, 0.3) is 21.8 Å². The first kappa shape index (κ1) is 25.5. The number of rotatable bonds is 7. The summed E-state index contributed by atoms with van der Waals surface area (Å²) in [5, 5.41) is 2.83. The monoisotopic (exact) mass is 508 g/mol. The van der Waals surface area contributed by atoms with Gasteiger partial charge in [0, 0.05) is 58.1 Å². The van der Waals surface area contributed by atoms with Gasteiger partial charge in [-0.2, -0.15) is 0 Å². The van der Waals surface area contributed by atoms with E-state index in [2.05, 4.69) is 123 Å². The molecule has 4 heteroatoms. The number of nitrogens with zero attached hydrogens (tertiary/aromatic N) is 3. The zero-order valence-electron chi connectivity index (χ0n) is 24.3. The number of likely N-dealkylation sites (N-methyl/N-ethyl adjacent to an activating group) is 2. The molecule has 0 fully saturated rings. The van der Waals surface area contributed by atoms with Gasteiger partial charge in [-0.3, -0.25) is 0 Å². The number of aromatic amines is 1. The molecule has 1 aliphatic heterocycles. The number of benzene rings is 2. The molecule has 1 aliphatic carbocycles. The number of hydrogen-bond acceptors (Lipinski definition) is 2. The van der Waals surface area contributed by atoms with Crippen LogP contribution in [0.4, 0.5) is 0 Å². The second-order valence-corrected chi connectivity index (χ2v) is 13.1. The van der Waals surface area contributed by atoms with Crippen LogP contribution in [0.15, 0.2) is 60.2 Å². The molecule has 0 radical (unpaired) electrons. The maximum Gasteiger partial charge on any atom is 0.0783 e. The lowest BCUT2D eigenvalue weighted by molar-refractivity contribution is 0.158. The molecule has 3 atom stereocenters. The van der Waals surface area contributed by atoms with E-state index in [1.54, 1.807) is 11.3 Å². The van der Waals surface area contributed by atoms with Gasteiger partial charge in [-0.05, 0) is 83.1 Å². The van der Waals surface area contributed by atoms with Crippen molar-refractivity contribution in [3.63, 3.8) is 0 Å². The molecule has 200 valence electrons. The molecule has 2 aromatic heterocycles. The van der Waals surface area contributed by atoms with Crippen molar-refractivity contribution in [2.45, 2.75) is 52.0 Å². The molecule has 4 nitrogen and oxygen atoms in total. The van der Waals surface area contributed by atoms with E-state index in [1.807, 2.05) is 0 Å². The van der Waals surface area contributed by atoms with Gasteiger partial charge in [-0.15, -0.1) is 0 Å². The summed E-state index contributed by atoms with van der Waals surface area (Å²) in [6.45, 7) is 9.50. The maximum atomic E-state index is 4.01. The van der Waals surface area contributed by atoms with Crippen LogP contribution >= 0.6 is 0 Å². The minimum absolute atomic E-state index is 0.198. The van der Waals surface area contributed by atoms with E-state index in [4.69, 9.17) is 0 Å². The predicted molar refractivity (Wildman–Crippen MR) is 161 cm³/mol. The quantitative estimate of drug-likeness (QED) is 0.272. The maximum absolute atomic E-state index is 4.01. The van der Waals surface area contributed by atoms with Gasteiger partial charge in [-0.25, -0.2) is 0 Å². The van der Waals surface area contributed by atoms with Crippen molar-refractivity contribution in [2.24, 2.45) is 11.3 Å². The highest BCUT2D eigenvalue weighted by atomic mass is 15.1. The molecule has 0 spiro atoms. The molecule has 3 heterocycles. The summed E-state index contributed by atoms with van der Waals surface area (Å²) in [6.07, 6.45) is 5.92. The highest BCUT2D eigenvalue weighted by molar-refractivity contribution is 5.88. The fraction of sp³-hybridized carbons (Fsp3) is 0.471. The van der Waals surface area contributed by atoms with E-state index >= 15 is 0 Å². The Morgan fingerprint density at radius 2 is 1.50 bits per heavy atom. The van der Waals surface area contributed by atoms with Gasteiger partial charge < -0.3 is 19.4 Å². The standard InChI is InChI=1S/C34H44N4/c1-22-20-27-30(34(2,3)21-22)33(31-25(16-18-36(4)5)23-12-8-10-14-28(23)35-31)38-29-15-11-9-13-24(29)26(32(27)38)17-19-37(6)7/h8-15,20,27,30,33,35H,16-19,21H2,1-7H3. The number of fused-ring (bicyclic) bond motifs is 6. The Bertz CT molecular complexity index is 1510. The molecule has 0 saturated heterocycles. The fourth-order valence-corrected chi connectivity index (χ4v) is 7.82. The van der Waals surface area contributed by atoms with Crippen LogP contribution in [0.5, 0.6) is 0 Å². The van der Waals surface area contributed by atoms with Crippen LogP contribution in [-0.2, 0) is 12.8 Å². The lowest BCUT2D eigenvalue weighted by Gasteiger charge is -2.42. The van der Waals surface area contributed by atoms with Gasteiger partial charge in [0.05, 0.1) is 6.04 Å². The number of allylic oxidation sites excluding steroid dienone is 2. The fourth-order valence-electron chi connectivity index (χ4n) is 7.82. The normalized spacial score (nSPS) is 22.4. The van der Waals surface area contributed by atoms with E-state index in [0.717, 1.165) is 32.4 Å². The topological polar surface area (TPSA) is 27.2 Å². The van der Waals surface area contributed by atoms with Gasteiger partial charge in [0.25, 0.3) is 0 Å². The molecule has 0 amide bonds. The van der Waals surface area contributed by atoms with Crippen molar-refractivity contribution >= 4 is 21.8 Å². The molecular weight excluding hydrogens is 464 g/mol. The van der Waals surface area contributed by atoms with Crippen molar-refractivity contribution in [2.75, 3.05) is 41.3 Å². The third-order valence-electron chi connectivity index (χ3n) is 9.24. The third-order valence-corrected chi connectivity index (χ3v) is 9.24. The largest absolute Gasteiger partial charge is 0.356 e. The molecule has 2 aromatic carbocycles. The first-order valence-electron chi connectivity index (χ1n) is 14.4. The van der Waals surface area contributed by atoms with E-state index < -0.39 is 0 Å². The van der Waals surface area contributed by atoms with Crippen molar-refractivity contribution in [3.8, 4) is 0 Å². The minimum atomic E-state index is 0.198. The Kier molecular flexibility index (Phi) is 6.32.